The van der Waals surface area contributed by atoms with Crippen molar-refractivity contribution in [2.45, 2.75) is 37.5 Å². The van der Waals surface area contributed by atoms with Gasteiger partial charge in [-0.25, -0.2) is 0 Å². The van der Waals surface area contributed by atoms with Crippen molar-refractivity contribution in [3.63, 3.8) is 0 Å². The van der Waals surface area contributed by atoms with Crippen molar-refractivity contribution in [1.29, 1.82) is 0 Å². The number of halogens is 1. The number of hydrogen-bond acceptors (Lipinski definition) is 3. The maximum atomic E-state index is 12.0. The van der Waals surface area contributed by atoms with Gasteiger partial charge in [-0.15, -0.1) is 0 Å². The topological polar surface area (TPSA) is 38.3 Å². The third-order valence-corrected chi connectivity index (χ3v) is 5.13. The summed E-state index contributed by atoms with van der Waals surface area (Å²) < 4.78 is 5.52. The van der Waals surface area contributed by atoms with Crippen LogP contribution in [0.1, 0.15) is 31.7 Å². The fraction of sp³-hybridized carbons (Fsp3) is 0.562. The standard InChI is InChI=1S/C16H22ClNO2S/c1-16(8-4-10-20-16)15(19)18-9-5-11-21-12-13-6-2-3-7-14(13)17/h2-3,6-7H,4-5,8-12H2,1H3,(H,18,19). The molecule has 1 fully saturated rings. The molecule has 1 heterocycles. The van der Waals surface area contributed by atoms with Crippen LogP contribution < -0.4 is 5.32 Å². The average molecular weight is 328 g/mol. The Balaban J connectivity index is 1.58. The van der Waals surface area contributed by atoms with Crippen LogP contribution in [0.25, 0.3) is 0 Å². The summed E-state index contributed by atoms with van der Waals surface area (Å²) in [6.07, 6.45) is 2.74. The molecule has 21 heavy (non-hydrogen) atoms. The van der Waals surface area contributed by atoms with E-state index in [1.165, 1.54) is 5.56 Å². The third-order valence-electron chi connectivity index (χ3n) is 3.67. The van der Waals surface area contributed by atoms with Crippen molar-refractivity contribution in [3.8, 4) is 0 Å². The number of ether oxygens (including phenoxy) is 1. The van der Waals surface area contributed by atoms with Gasteiger partial charge in [0.05, 0.1) is 0 Å². The van der Waals surface area contributed by atoms with Crippen LogP contribution in [0.15, 0.2) is 24.3 Å². The number of nitrogens with one attached hydrogen (secondary N) is 1. The summed E-state index contributed by atoms with van der Waals surface area (Å²) in [5, 5.41) is 3.80. The maximum absolute atomic E-state index is 12.0. The van der Waals surface area contributed by atoms with Gasteiger partial charge >= 0.3 is 0 Å². The Bertz CT molecular complexity index is 475. The molecule has 1 N–H and O–H groups in total. The molecule has 1 aliphatic heterocycles. The molecule has 1 saturated heterocycles. The highest BCUT2D eigenvalue weighted by Crippen LogP contribution is 2.25. The Morgan fingerprint density at radius 2 is 2.29 bits per heavy atom. The minimum absolute atomic E-state index is 0.0242. The summed E-state index contributed by atoms with van der Waals surface area (Å²) >= 11 is 7.95. The zero-order valence-electron chi connectivity index (χ0n) is 12.4. The van der Waals surface area contributed by atoms with Gasteiger partial charge in [0, 0.05) is 23.9 Å². The second-order valence-electron chi connectivity index (χ2n) is 5.44. The van der Waals surface area contributed by atoms with E-state index in [0.29, 0.717) is 13.2 Å². The van der Waals surface area contributed by atoms with E-state index in [-0.39, 0.29) is 5.91 Å². The minimum Gasteiger partial charge on any atom is -0.365 e. The molecule has 0 aliphatic carbocycles. The van der Waals surface area contributed by atoms with E-state index in [9.17, 15) is 4.79 Å². The number of carbonyl (C=O) groups excluding carboxylic acids is 1. The Hall–Kier alpha value is -0.710. The highest BCUT2D eigenvalue weighted by molar-refractivity contribution is 7.98. The SMILES string of the molecule is CC1(C(=O)NCCCSCc2ccccc2Cl)CCCO1. The lowest BCUT2D eigenvalue weighted by Crippen LogP contribution is -2.44. The lowest BCUT2D eigenvalue weighted by molar-refractivity contribution is -0.139. The molecule has 5 heteroatoms. The van der Waals surface area contributed by atoms with Crippen LogP contribution in [0, 0.1) is 0 Å². The van der Waals surface area contributed by atoms with Gasteiger partial charge in [-0.05, 0) is 43.6 Å². The van der Waals surface area contributed by atoms with Crippen molar-refractivity contribution >= 4 is 29.3 Å². The van der Waals surface area contributed by atoms with Crippen LogP contribution in [-0.4, -0.2) is 30.4 Å². The molecule has 0 aromatic heterocycles. The van der Waals surface area contributed by atoms with Gasteiger partial charge in [0.2, 0.25) is 0 Å². The summed E-state index contributed by atoms with van der Waals surface area (Å²) in [6, 6.07) is 7.91. The summed E-state index contributed by atoms with van der Waals surface area (Å²) in [7, 11) is 0. The number of carbonyl (C=O) groups is 1. The largest absolute Gasteiger partial charge is 0.365 e. The molecule has 116 valence electrons. The molecule has 0 radical (unpaired) electrons. The summed E-state index contributed by atoms with van der Waals surface area (Å²) in [5.74, 6) is 1.94. The van der Waals surface area contributed by atoms with Gasteiger partial charge in [0.1, 0.15) is 5.60 Å². The molecular weight excluding hydrogens is 306 g/mol. The minimum atomic E-state index is -0.606. The first kappa shape index (κ1) is 16.7. The van der Waals surface area contributed by atoms with Gasteiger partial charge in [-0.3, -0.25) is 4.79 Å². The fourth-order valence-electron chi connectivity index (χ4n) is 2.32. The van der Waals surface area contributed by atoms with Crippen molar-refractivity contribution < 1.29 is 9.53 Å². The van der Waals surface area contributed by atoms with E-state index in [1.807, 2.05) is 36.9 Å². The van der Waals surface area contributed by atoms with Crippen LogP contribution in [0.3, 0.4) is 0 Å². The fourth-order valence-corrected chi connectivity index (χ4v) is 3.57. The number of benzene rings is 1. The van der Waals surface area contributed by atoms with Crippen molar-refractivity contribution in [1.82, 2.24) is 5.32 Å². The van der Waals surface area contributed by atoms with E-state index in [1.54, 1.807) is 0 Å². The number of rotatable bonds is 7. The third kappa shape index (κ3) is 4.90. The second-order valence-corrected chi connectivity index (χ2v) is 6.95. The average Bonchev–Trinajstić information content (AvgIpc) is 2.92. The van der Waals surface area contributed by atoms with Gasteiger partial charge < -0.3 is 10.1 Å². The molecule has 0 spiro atoms. The van der Waals surface area contributed by atoms with Crippen LogP contribution in [-0.2, 0) is 15.3 Å². The number of hydrogen-bond donors (Lipinski definition) is 1. The van der Waals surface area contributed by atoms with Crippen molar-refractivity contribution in [2.75, 3.05) is 18.9 Å². The van der Waals surface area contributed by atoms with Gasteiger partial charge in [-0.2, -0.15) is 11.8 Å². The Labute approximate surface area is 135 Å². The Morgan fingerprint density at radius 3 is 3.00 bits per heavy atom. The molecule has 0 bridgehead atoms. The van der Waals surface area contributed by atoms with Crippen molar-refractivity contribution in [2.24, 2.45) is 0 Å². The van der Waals surface area contributed by atoms with E-state index in [4.69, 9.17) is 16.3 Å². The molecule has 1 unspecified atom stereocenters. The zero-order valence-corrected chi connectivity index (χ0v) is 13.9. The van der Waals surface area contributed by atoms with E-state index < -0.39 is 5.60 Å². The predicted octanol–water partition coefficient (Wildman–Crippen LogP) is 3.65. The molecule has 1 atom stereocenters. The molecule has 3 nitrogen and oxygen atoms in total. The molecule has 2 rings (SSSR count). The lowest BCUT2D eigenvalue weighted by Gasteiger charge is -2.21. The van der Waals surface area contributed by atoms with Crippen LogP contribution in [0.2, 0.25) is 5.02 Å². The van der Waals surface area contributed by atoms with Crippen LogP contribution >= 0.6 is 23.4 Å². The summed E-state index contributed by atoms with van der Waals surface area (Å²) in [6.45, 7) is 3.27. The lowest BCUT2D eigenvalue weighted by atomic mass is 10.0. The molecule has 1 aromatic rings. The monoisotopic (exact) mass is 327 g/mol. The molecular formula is C16H22ClNO2S. The van der Waals surface area contributed by atoms with Crippen molar-refractivity contribution in [3.05, 3.63) is 34.9 Å². The van der Waals surface area contributed by atoms with Gasteiger partial charge in [0.25, 0.3) is 5.91 Å². The predicted molar refractivity (Wildman–Crippen MR) is 88.8 cm³/mol. The van der Waals surface area contributed by atoms with Crippen LogP contribution in [0.4, 0.5) is 0 Å². The molecule has 1 aliphatic rings. The highest BCUT2D eigenvalue weighted by atomic mass is 35.5. The number of amides is 1. The first-order valence-corrected chi connectivity index (χ1v) is 8.88. The summed E-state index contributed by atoms with van der Waals surface area (Å²) in [5.41, 5.74) is 0.560. The van der Waals surface area contributed by atoms with E-state index >= 15 is 0 Å². The van der Waals surface area contributed by atoms with Gasteiger partial charge in [0.15, 0.2) is 0 Å². The quantitative estimate of drug-likeness (QED) is 0.777. The Kier molecular flexibility index (Phi) is 6.40. The Morgan fingerprint density at radius 1 is 1.48 bits per heavy atom. The number of thioether (sulfide) groups is 1. The van der Waals surface area contributed by atoms with E-state index in [0.717, 1.165) is 35.8 Å². The molecule has 0 saturated carbocycles. The normalized spacial score (nSPS) is 21.4. The first-order chi connectivity index (χ1) is 10.1. The summed E-state index contributed by atoms with van der Waals surface area (Å²) in [4.78, 5) is 12.0. The van der Waals surface area contributed by atoms with Gasteiger partial charge in [-0.1, -0.05) is 29.8 Å². The second kappa shape index (κ2) is 8.06. The maximum Gasteiger partial charge on any atom is 0.251 e. The molecule has 1 amide bonds. The van der Waals surface area contributed by atoms with E-state index in [2.05, 4.69) is 11.4 Å². The zero-order chi connectivity index (χ0) is 15.1. The van der Waals surface area contributed by atoms with Crippen LogP contribution in [0.5, 0.6) is 0 Å². The first-order valence-electron chi connectivity index (χ1n) is 7.35. The molecule has 1 aromatic carbocycles. The smallest absolute Gasteiger partial charge is 0.251 e. The highest BCUT2D eigenvalue weighted by Gasteiger charge is 2.37.